The maximum atomic E-state index is 13.1. The highest BCUT2D eigenvalue weighted by Gasteiger charge is 2.26. The van der Waals surface area contributed by atoms with Crippen LogP contribution in [0.15, 0.2) is 66.7 Å². The number of nitrogens with one attached hydrogen (secondary N) is 1. The van der Waals surface area contributed by atoms with E-state index in [2.05, 4.69) is 5.32 Å². The zero-order valence-corrected chi connectivity index (χ0v) is 16.8. The number of methoxy groups -OCH3 is 1. The van der Waals surface area contributed by atoms with Crippen LogP contribution in [0, 0.1) is 27.2 Å². The number of nitro benzene ring substituents is 2. The Kier molecular flexibility index (Phi) is 6.25. The molecular weight excluding hydrogens is 402 g/mol. The van der Waals surface area contributed by atoms with Crippen molar-refractivity contribution in [2.24, 2.45) is 0 Å². The first kappa shape index (κ1) is 21.4. The second kappa shape index (κ2) is 9.04. The van der Waals surface area contributed by atoms with Crippen LogP contribution in [0.5, 0.6) is 5.75 Å². The molecule has 1 N–H and O–H groups in total. The maximum Gasteiger partial charge on any atom is 0.279 e. The van der Waals surface area contributed by atoms with E-state index in [4.69, 9.17) is 4.74 Å². The lowest BCUT2D eigenvalue weighted by molar-refractivity contribution is -0.394. The van der Waals surface area contributed by atoms with Crippen LogP contribution < -0.4 is 10.1 Å². The highest BCUT2D eigenvalue weighted by Crippen LogP contribution is 2.30. The van der Waals surface area contributed by atoms with Crippen LogP contribution in [-0.4, -0.2) is 22.9 Å². The molecule has 3 rings (SSSR count). The van der Waals surface area contributed by atoms with Crippen LogP contribution in [0.4, 0.5) is 11.4 Å². The van der Waals surface area contributed by atoms with Crippen molar-refractivity contribution in [3.05, 3.63) is 109 Å². The monoisotopic (exact) mass is 421 g/mol. The van der Waals surface area contributed by atoms with Crippen LogP contribution in [0.2, 0.25) is 0 Å². The molecule has 9 nitrogen and oxygen atoms in total. The fourth-order valence-electron chi connectivity index (χ4n) is 3.22. The molecule has 0 radical (unpaired) electrons. The number of benzene rings is 3. The van der Waals surface area contributed by atoms with Crippen molar-refractivity contribution >= 4 is 17.3 Å². The quantitative estimate of drug-likeness (QED) is 0.447. The Morgan fingerprint density at radius 1 is 0.935 bits per heavy atom. The topological polar surface area (TPSA) is 125 Å². The minimum atomic E-state index is -0.763. The molecular formula is C22H19N3O6. The summed E-state index contributed by atoms with van der Waals surface area (Å²) in [7, 11) is 1.55. The summed E-state index contributed by atoms with van der Waals surface area (Å²) in [5.74, 6) is -0.0130. The number of hydrogen-bond donors (Lipinski definition) is 1. The van der Waals surface area contributed by atoms with Crippen molar-refractivity contribution in [1.82, 2.24) is 5.32 Å². The van der Waals surface area contributed by atoms with E-state index in [1.165, 1.54) is 6.92 Å². The van der Waals surface area contributed by atoms with Gasteiger partial charge >= 0.3 is 0 Å². The molecule has 31 heavy (non-hydrogen) atoms. The number of hydrogen-bond acceptors (Lipinski definition) is 6. The molecule has 0 fully saturated rings. The zero-order chi connectivity index (χ0) is 22.5. The van der Waals surface area contributed by atoms with E-state index >= 15 is 0 Å². The maximum absolute atomic E-state index is 13.1. The number of amides is 1. The lowest BCUT2D eigenvalue weighted by Gasteiger charge is -2.21. The predicted octanol–water partition coefficient (Wildman–Crippen LogP) is 4.34. The summed E-state index contributed by atoms with van der Waals surface area (Å²) < 4.78 is 5.18. The van der Waals surface area contributed by atoms with E-state index < -0.39 is 33.2 Å². The van der Waals surface area contributed by atoms with Gasteiger partial charge in [-0.05, 0) is 30.2 Å². The molecule has 0 spiro atoms. The zero-order valence-electron chi connectivity index (χ0n) is 16.8. The Hall–Kier alpha value is -4.27. The van der Waals surface area contributed by atoms with Crippen LogP contribution in [0.3, 0.4) is 0 Å². The molecule has 3 aromatic carbocycles. The normalized spacial score (nSPS) is 11.4. The summed E-state index contributed by atoms with van der Waals surface area (Å²) in [5, 5.41) is 25.4. The molecule has 0 aliphatic carbocycles. The summed E-state index contributed by atoms with van der Waals surface area (Å²) in [6, 6.07) is 17.5. The fourth-order valence-corrected chi connectivity index (χ4v) is 3.22. The molecule has 0 heterocycles. The standard InChI is InChI=1S/C22H19N3O6/c1-14-19(12-17(24(27)28)13-20(14)25(29)30)22(26)23-21(15-6-4-3-5-7-15)16-8-10-18(31-2)11-9-16/h3-13,21H,1-2H3,(H,23,26). The molecule has 0 aliphatic heterocycles. The molecule has 158 valence electrons. The number of nitrogens with zero attached hydrogens (tertiary/aromatic N) is 2. The molecule has 3 aromatic rings. The smallest absolute Gasteiger partial charge is 0.279 e. The third-order valence-corrected chi connectivity index (χ3v) is 4.87. The predicted molar refractivity (Wildman–Crippen MR) is 113 cm³/mol. The van der Waals surface area contributed by atoms with Gasteiger partial charge < -0.3 is 10.1 Å². The summed E-state index contributed by atoms with van der Waals surface area (Å²) in [4.78, 5) is 34.2. The average Bonchev–Trinajstić information content (AvgIpc) is 2.77. The number of carbonyl (C=O) groups excluding carboxylic acids is 1. The number of non-ortho nitro benzene ring substituents is 1. The first-order valence-corrected chi connectivity index (χ1v) is 9.25. The van der Waals surface area contributed by atoms with Gasteiger partial charge in [-0.25, -0.2) is 0 Å². The lowest BCUT2D eigenvalue weighted by atomic mass is 9.97. The van der Waals surface area contributed by atoms with Gasteiger partial charge in [-0.3, -0.25) is 25.0 Å². The van der Waals surface area contributed by atoms with Crippen LogP contribution in [0.1, 0.15) is 33.1 Å². The molecule has 0 bridgehead atoms. The van der Waals surface area contributed by atoms with Gasteiger partial charge in [0.1, 0.15) is 5.75 Å². The minimum Gasteiger partial charge on any atom is -0.497 e. The van der Waals surface area contributed by atoms with Gasteiger partial charge in [0, 0.05) is 11.6 Å². The van der Waals surface area contributed by atoms with Crippen molar-refractivity contribution in [3.63, 3.8) is 0 Å². The molecule has 1 atom stereocenters. The second-order valence-corrected chi connectivity index (χ2v) is 6.74. The molecule has 0 saturated heterocycles. The first-order valence-electron chi connectivity index (χ1n) is 9.25. The van der Waals surface area contributed by atoms with Crippen molar-refractivity contribution in [1.29, 1.82) is 0 Å². The van der Waals surface area contributed by atoms with E-state index in [-0.39, 0.29) is 11.1 Å². The van der Waals surface area contributed by atoms with E-state index in [1.54, 1.807) is 31.4 Å². The summed E-state index contributed by atoms with van der Waals surface area (Å²) >= 11 is 0. The average molecular weight is 421 g/mol. The minimum absolute atomic E-state index is 0.0506. The summed E-state index contributed by atoms with van der Waals surface area (Å²) in [6.45, 7) is 1.39. The summed E-state index contributed by atoms with van der Waals surface area (Å²) in [6.07, 6.45) is 0. The van der Waals surface area contributed by atoms with E-state index in [1.807, 2.05) is 30.3 Å². The van der Waals surface area contributed by atoms with Crippen LogP contribution in [0.25, 0.3) is 0 Å². The van der Waals surface area contributed by atoms with E-state index in [9.17, 15) is 25.0 Å². The summed E-state index contributed by atoms with van der Waals surface area (Å²) in [5.41, 5.74) is 0.435. The Labute approximate surface area is 177 Å². The van der Waals surface area contributed by atoms with Crippen LogP contribution in [-0.2, 0) is 0 Å². The second-order valence-electron chi connectivity index (χ2n) is 6.74. The highest BCUT2D eigenvalue weighted by molar-refractivity contribution is 5.98. The Balaban J connectivity index is 2.04. The fraction of sp³-hybridized carbons (Fsp3) is 0.136. The SMILES string of the molecule is COc1ccc(C(NC(=O)c2cc([N+](=O)[O-])cc([N+](=O)[O-])c2C)c2ccccc2)cc1. The van der Waals surface area contributed by atoms with Gasteiger partial charge in [-0.1, -0.05) is 42.5 Å². The Morgan fingerprint density at radius 3 is 2.10 bits per heavy atom. The Bertz CT molecular complexity index is 1130. The third-order valence-electron chi connectivity index (χ3n) is 4.87. The molecule has 1 unspecified atom stereocenters. The van der Waals surface area contributed by atoms with E-state index in [0.29, 0.717) is 5.75 Å². The largest absolute Gasteiger partial charge is 0.497 e. The van der Waals surface area contributed by atoms with Gasteiger partial charge in [0.2, 0.25) is 0 Å². The molecule has 1 amide bonds. The highest BCUT2D eigenvalue weighted by atomic mass is 16.6. The Morgan fingerprint density at radius 2 is 1.55 bits per heavy atom. The number of carbonyl (C=O) groups is 1. The molecule has 0 aliphatic rings. The van der Waals surface area contributed by atoms with Crippen LogP contribution >= 0.6 is 0 Å². The third kappa shape index (κ3) is 4.67. The number of rotatable bonds is 7. The van der Waals surface area contributed by atoms with Crippen molar-refractivity contribution < 1.29 is 19.4 Å². The van der Waals surface area contributed by atoms with Gasteiger partial charge in [0.15, 0.2) is 0 Å². The van der Waals surface area contributed by atoms with Gasteiger partial charge in [-0.15, -0.1) is 0 Å². The number of ether oxygens (including phenoxy) is 1. The van der Waals surface area contributed by atoms with Crippen molar-refractivity contribution in [2.75, 3.05) is 7.11 Å². The van der Waals surface area contributed by atoms with Crippen molar-refractivity contribution in [3.8, 4) is 5.75 Å². The molecule has 0 saturated carbocycles. The number of nitro groups is 2. The van der Waals surface area contributed by atoms with Crippen molar-refractivity contribution in [2.45, 2.75) is 13.0 Å². The molecule has 9 heteroatoms. The lowest BCUT2D eigenvalue weighted by Crippen LogP contribution is -2.30. The van der Waals surface area contributed by atoms with Gasteiger partial charge in [0.05, 0.1) is 34.6 Å². The van der Waals surface area contributed by atoms with E-state index in [0.717, 1.165) is 23.3 Å². The molecule has 0 aromatic heterocycles. The first-order chi connectivity index (χ1) is 14.8. The van der Waals surface area contributed by atoms with Gasteiger partial charge in [0.25, 0.3) is 17.3 Å². The van der Waals surface area contributed by atoms with Gasteiger partial charge in [-0.2, -0.15) is 0 Å².